The number of carbonyl (C=O) groups excluding carboxylic acids is 1. The Kier molecular flexibility index (Phi) is 2.42. The standard InChI is InChI=1S/C12H21NO/c1-10(14)11-6-2-4-8-12(11,13)9-5-3-7-11/h2-9,13H2,1H3. The Morgan fingerprint density at radius 1 is 1.00 bits per heavy atom. The molecular formula is C12H21NO. The molecule has 0 aromatic rings. The van der Waals surface area contributed by atoms with Crippen molar-refractivity contribution in [2.75, 3.05) is 0 Å². The molecule has 0 aliphatic heterocycles. The van der Waals surface area contributed by atoms with Gasteiger partial charge in [0, 0.05) is 11.0 Å². The van der Waals surface area contributed by atoms with Gasteiger partial charge in [0.2, 0.25) is 0 Å². The van der Waals surface area contributed by atoms with Gasteiger partial charge < -0.3 is 5.73 Å². The lowest BCUT2D eigenvalue weighted by atomic mass is 9.53. The highest BCUT2D eigenvalue weighted by atomic mass is 16.1. The summed E-state index contributed by atoms with van der Waals surface area (Å²) in [6.45, 7) is 1.75. The van der Waals surface area contributed by atoms with E-state index in [2.05, 4.69) is 0 Å². The number of nitrogens with two attached hydrogens (primary N) is 1. The Morgan fingerprint density at radius 2 is 1.43 bits per heavy atom. The summed E-state index contributed by atoms with van der Waals surface area (Å²) in [5.41, 5.74) is 6.17. The average molecular weight is 195 g/mol. The monoisotopic (exact) mass is 195 g/mol. The number of hydrogen-bond donors (Lipinski definition) is 1. The lowest BCUT2D eigenvalue weighted by Crippen LogP contribution is -2.62. The van der Waals surface area contributed by atoms with Crippen molar-refractivity contribution in [1.82, 2.24) is 0 Å². The summed E-state index contributed by atoms with van der Waals surface area (Å²) >= 11 is 0. The van der Waals surface area contributed by atoms with Crippen LogP contribution in [0.15, 0.2) is 0 Å². The van der Waals surface area contributed by atoms with E-state index in [4.69, 9.17) is 5.73 Å². The highest BCUT2D eigenvalue weighted by Gasteiger charge is 2.54. The fourth-order valence-electron chi connectivity index (χ4n) is 3.66. The van der Waals surface area contributed by atoms with Crippen LogP contribution in [0, 0.1) is 5.41 Å². The minimum atomic E-state index is -0.157. The predicted octanol–water partition coefficient (Wildman–Crippen LogP) is 2.41. The third kappa shape index (κ3) is 1.23. The third-order valence-electron chi connectivity index (χ3n) is 4.58. The number of carbonyl (C=O) groups is 1. The molecule has 2 N–H and O–H groups in total. The molecule has 2 fully saturated rings. The van der Waals surface area contributed by atoms with Crippen LogP contribution in [0.5, 0.6) is 0 Å². The summed E-state index contributed by atoms with van der Waals surface area (Å²) in [5.74, 6) is 0.347. The van der Waals surface area contributed by atoms with Crippen LogP contribution in [-0.2, 0) is 4.79 Å². The van der Waals surface area contributed by atoms with Crippen molar-refractivity contribution < 1.29 is 4.79 Å². The average Bonchev–Trinajstić information content (AvgIpc) is 2.16. The van der Waals surface area contributed by atoms with Gasteiger partial charge in [-0.2, -0.15) is 0 Å². The van der Waals surface area contributed by atoms with Gasteiger partial charge in [0.25, 0.3) is 0 Å². The minimum Gasteiger partial charge on any atom is -0.324 e. The number of fused-ring (bicyclic) bond motifs is 1. The van der Waals surface area contributed by atoms with Crippen molar-refractivity contribution in [2.45, 2.75) is 63.8 Å². The summed E-state index contributed by atoms with van der Waals surface area (Å²) in [6.07, 6.45) is 9.02. The summed E-state index contributed by atoms with van der Waals surface area (Å²) in [6, 6.07) is 0. The maximum Gasteiger partial charge on any atom is 0.137 e. The van der Waals surface area contributed by atoms with E-state index in [1.165, 1.54) is 25.7 Å². The second-order valence-corrected chi connectivity index (χ2v) is 5.21. The van der Waals surface area contributed by atoms with Crippen LogP contribution >= 0.6 is 0 Å². The third-order valence-corrected chi connectivity index (χ3v) is 4.58. The maximum atomic E-state index is 11.9. The van der Waals surface area contributed by atoms with Crippen molar-refractivity contribution in [2.24, 2.45) is 11.1 Å². The van der Waals surface area contributed by atoms with Crippen molar-refractivity contribution in [3.8, 4) is 0 Å². The molecule has 0 radical (unpaired) electrons. The molecule has 0 heterocycles. The van der Waals surface area contributed by atoms with Gasteiger partial charge >= 0.3 is 0 Å². The normalized spacial score (nSPS) is 43.0. The molecule has 80 valence electrons. The largest absolute Gasteiger partial charge is 0.324 e. The van der Waals surface area contributed by atoms with E-state index < -0.39 is 0 Å². The van der Waals surface area contributed by atoms with E-state index in [0.29, 0.717) is 5.78 Å². The number of rotatable bonds is 1. The van der Waals surface area contributed by atoms with Gasteiger partial charge in [-0.3, -0.25) is 4.79 Å². The molecule has 0 atom stereocenters. The molecule has 0 aromatic heterocycles. The lowest BCUT2D eigenvalue weighted by molar-refractivity contribution is -0.136. The van der Waals surface area contributed by atoms with Gasteiger partial charge in [0.1, 0.15) is 5.78 Å². The Balaban J connectivity index is 2.34. The van der Waals surface area contributed by atoms with Crippen LogP contribution in [0.4, 0.5) is 0 Å². The smallest absolute Gasteiger partial charge is 0.137 e. The summed E-state index contributed by atoms with van der Waals surface area (Å²) in [4.78, 5) is 11.9. The van der Waals surface area contributed by atoms with Gasteiger partial charge in [-0.1, -0.05) is 25.7 Å². The SMILES string of the molecule is CC(=O)C12CCCCC1(N)CCCC2. The van der Waals surface area contributed by atoms with Crippen LogP contribution in [0.1, 0.15) is 58.3 Å². The highest BCUT2D eigenvalue weighted by molar-refractivity contribution is 5.84. The molecule has 14 heavy (non-hydrogen) atoms. The second-order valence-electron chi connectivity index (χ2n) is 5.21. The summed E-state index contributed by atoms with van der Waals surface area (Å²) in [5, 5.41) is 0. The predicted molar refractivity (Wildman–Crippen MR) is 57.0 cm³/mol. The van der Waals surface area contributed by atoms with Crippen molar-refractivity contribution in [1.29, 1.82) is 0 Å². The Hall–Kier alpha value is -0.370. The van der Waals surface area contributed by atoms with E-state index in [1.807, 2.05) is 0 Å². The van der Waals surface area contributed by atoms with Gasteiger partial charge in [-0.05, 0) is 32.6 Å². The molecule has 2 saturated carbocycles. The van der Waals surface area contributed by atoms with Crippen LogP contribution in [0.3, 0.4) is 0 Å². The number of hydrogen-bond acceptors (Lipinski definition) is 2. The van der Waals surface area contributed by atoms with Gasteiger partial charge in [-0.25, -0.2) is 0 Å². The molecule has 2 aliphatic carbocycles. The first kappa shape index (κ1) is 10.2. The first-order valence-electron chi connectivity index (χ1n) is 5.91. The molecule has 0 spiro atoms. The van der Waals surface area contributed by atoms with Crippen LogP contribution in [0.2, 0.25) is 0 Å². The molecule has 2 aliphatic rings. The zero-order valence-corrected chi connectivity index (χ0v) is 9.14. The quantitative estimate of drug-likeness (QED) is 0.698. The first-order valence-corrected chi connectivity index (χ1v) is 5.91. The molecule has 0 aromatic carbocycles. The van der Waals surface area contributed by atoms with Crippen molar-refractivity contribution >= 4 is 5.78 Å². The summed E-state index contributed by atoms with van der Waals surface area (Å²) < 4.78 is 0. The Morgan fingerprint density at radius 3 is 1.79 bits per heavy atom. The first-order chi connectivity index (χ1) is 6.61. The molecule has 0 saturated heterocycles. The minimum absolute atomic E-state index is 0.149. The van der Waals surface area contributed by atoms with Crippen molar-refractivity contribution in [3.05, 3.63) is 0 Å². The Labute approximate surface area is 86.2 Å². The maximum absolute atomic E-state index is 11.9. The van der Waals surface area contributed by atoms with E-state index >= 15 is 0 Å². The molecule has 2 nitrogen and oxygen atoms in total. The van der Waals surface area contributed by atoms with Gasteiger partial charge in [0.05, 0.1) is 0 Å². The highest BCUT2D eigenvalue weighted by Crippen LogP contribution is 2.52. The molecule has 2 heteroatoms. The van der Waals surface area contributed by atoms with E-state index in [0.717, 1.165) is 25.7 Å². The molecule has 0 amide bonds. The molecule has 0 unspecified atom stereocenters. The van der Waals surface area contributed by atoms with Gasteiger partial charge in [-0.15, -0.1) is 0 Å². The van der Waals surface area contributed by atoms with Crippen molar-refractivity contribution in [3.63, 3.8) is 0 Å². The van der Waals surface area contributed by atoms with Crippen LogP contribution in [0.25, 0.3) is 0 Å². The van der Waals surface area contributed by atoms with E-state index in [9.17, 15) is 4.79 Å². The van der Waals surface area contributed by atoms with E-state index in [-0.39, 0.29) is 11.0 Å². The zero-order chi connectivity index (χ0) is 10.2. The number of ketones is 1. The van der Waals surface area contributed by atoms with Crippen LogP contribution in [-0.4, -0.2) is 11.3 Å². The molecule has 2 rings (SSSR count). The number of Topliss-reactive ketones (excluding diaryl/α,β-unsaturated/α-hetero) is 1. The Bertz CT molecular complexity index is 235. The fraction of sp³-hybridized carbons (Fsp3) is 0.917. The second kappa shape index (κ2) is 3.34. The van der Waals surface area contributed by atoms with Crippen LogP contribution < -0.4 is 5.73 Å². The topological polar surface area (TPSA) is 43.1 Å². The van der Waals surface area contributed by atoms with Gasteiger partial charge in [0.15, 0.2) is 0 Å². The molecule has 0 bridgehead atoms. The van der Waals surface area contributed by atoms with E-state index in [1.54, 1.807) is 6.92 Å². The molecular weight excluding hydrogens is 174 g/mol. The fourth-order valence-corrected chi connectivity index (χ4v) is 3.66. The zero-order valence-electron chi connectivity index (χ0n) is 9.14. The summed E-state index contributed by atoms with van der Waals surface area (Å²) in [7, 11) is 0. The lowest BCUT2D eigenvalue weighted by Gasteiger charge is -2.53.